The van der Waals surface area contributed by atoms with E-state index in [2.05, 4.69) is 5.32 Å². The zero-order chi connectivity index (χ0) is 20.0. The van der Waals surface area contributed by atoms with Crippen LogP contribution in [0.5, 0.6) is 11.5 Å². The lowest BCUT2D eigenvalue weighted by atomic mass is 10.2. The third-order valence-electron chi connectivity index (χ3n) is 3.58. The molecule has 2 aromatic carbocycles. The number of carbonyl (C=O) groups excluding carboxylic acids is 1. The van der Waals surface area contributed by atoms with Gasteiger partial charge in [-0.3, -0.25) is 4.79 Å². The number of amides is 1. The Balaban J connectivity index is 1.71. The van der Waals surface area contributed by atoms with Crippen LogP contribution in [0.25, 0.3) is 0 Å². The number of rotatable bonds is 7. The molecule has 9 heteroatoms. The lowest BCUT2D eigenvalue weighted by molar-refractivity contribution is -0.137. The number of nitrogens with one attached hydrogen (secondary N) is 1. The number of hydrogen-bond donors (Lipinski definition) is 2. The molecule has 0 aliphatic rings. The molecule has 0 heterocycles. The molecule has 0 saturated heterocycles. The topological polar surface area (TPSA) is 58.6 Å². The van der Waals surface area contributed by atoms with E-state index in [9.17, 15) is 23.1 Å². The first-order chi connectivity index (χ1) is 12.7. The molecule has 146 valence electrons. The monoisotopic (exact) mass is 421 g/mol. The van der Waals surface area contributed by atoms with Crippen LogP contribution in [0.1, 0.15) is 24.8 Å². The fraction of sp³-hybridized carbons (Fsp3) is 0.278. The SMILES string of the molecule is O=C(CCCCOc1ccc(O)c(Cl)c1Cl)Nc1ccc(C(F)(F)F)cc1. The van der Waals surface area contributed by atoms with Gasteiger partial charge in [-0.25, -0.2) is 0 Å². The first-order valence-electron chi connectivity index (χ1n) is 7.95. The standard InChI is InChI=1S/C18H16Cl2F3NO3/c19-16-13(25)8-9-14(17(16)20)27-10-2-1-3-15(26)24-12-6-4-11(5-7-12)18(21,22)23/h4-9,25H,1-3,10H2,(H,24,26). The molecule has 27 heavy (non-hydrogen) atoms. The molecule has 1 amide bonds. The fourth-order valence-corrected chi connectivity index (χ4v) is 2.54. The molecular formula is C18H16Cl2F3NO3. The molecule has 0 fully saturated rings. The average molecular weight is 422 g/mol. The van der Waals surface area contributed by atoms with Crippen molar-refractivity contribution in [3.63, 3.8) is 0 Å². The van der Waals surface area contributed by atoms with E-state index in [1.165, 1.54) is 24.3 Å². The molecular weight excluding hydrogens is 406 g/mol. The van der Waals surface area contributed by atoms with Gasteiger partial charge in [-0.05, 0) is 49.2 Å². The van der Waals surface area contributed by atoms with Crippen molar-refractivity contribution in [3.8, 4) is 11.5 Å². The van der Waals surface area contributed by atoms with Crippen molar-refractivity contribution in [2.45, 2.75) is 25.4 Å². The van der Waals surface area contributed by atoms with Crippen molar-refractivity contribution in [2.75, 3.05) is 11.9 Å². The van der Waals surface area contributed by atoms with Gasteiger partial charge < -0.3 is 15.2 Å². The third-order valence-corrected chi connectivity index (χ3v) is 4.43. The lowest BCUT2D eigenvalue weighted by Gasteiger charge is -2.10. The summed E-state index contributed by atoms with van der Waals surface area (Å²) in [6.45, 7) is 0.286. The molecule has 0 aliphatic carbocycles. The Bertz CT molecular complexity index is 796. The molecule has 0 saturated carbocycles. The van der Waals surface area contributed by atoms with Crippen molar-refractivity contribution in [1.29, 1.82) is 0 Å². The molecule has 2 aromatic rings. The van der Waals surface area contributed by atoms with Gasteiger partial charge in [-0.1, -0.05) is 23.2 Å². The van der Waals surface area contributed by atoms with E-state index in [1.807, 2.05) is 0 Å². The molecule has 0 spiro atoms. The number of benzene rings is 2. The number of anilines is 1. The summed E-state index contributed by atoms with van der Waals surface area (Å²) in [6.07, 6.45) is -3.16. The van der Waals surface area contributed by atoms with Crippen LogP contribution in [-0.4, -0.2) is 17.6 Å². The van der Waals surface area contributed by atoms with E-state index in [0.29, 0.717) is 24.3 Å². The summed E-state index contributed by atoms with van der Waals surface area (Å²) in [7, 11) is 0. The number of aromatic hydroxyl groups is 1. The Kier molecular flexibility index (Phi) is 7.21. The average Bonchev–Trinajstić information content (AvgIpc) is 2.61. The maximum Gasteiger partial charge on any atom is 0.416 e. The molecule has 2 rings (SSSR count). The number of hydrogen-bond acceptors (Lipinski definition) is 3. The normalized spacial score (nSPS) is 11.3. The molecule has 0 atom stereocenters. The number of phenolic OH excluding ortho intramolecular Hbond substituents is 1. The summed E-state index contributed by atoms with van der Waals surface area (Å²) in [5, 5.41) is 12.1. The smallest absolute Gasteiger partial charge is 0.416 e. The summed E-state index contributed by atoms with van der Waals surface area (Å²) < 4.78 is 42.9. The van der Waals surface area contributed by atoms with Crippen LogP contribution in [0.3, 0.4) is 0 Å². The van der Waals surface area contributed by atoms with E-state index < -0.39 is 11.7 Å². The van der Waals surface area contributed by atoms with Crippen LogP contribution in [0.2, 0.25) is 10.0 Å². The highest BCUT2D eigenvalue weighted by molar-refractivity contribution is 6.43. The summed E-state index contributed by atoms with van der Waals surface area (Å²) >= 11 is 11.7. The Labute approximate surface area is 163 Å². The highest BCUT2D eigenvalue weighted by atomic mass is 35.5. The summed E-state index contributed by atoms with van der Waals surface area (Å²) in [5.41, 5.74) is -0.472. The first-order valence-corrected chi connectivity index (χ1v) is 8.71. The second kappa shape index (κ2) is 9.19. The summed E-state index contributed by atoms with van der Waals surface area (Å²) in [5.74, 6) is -0.122. The predicted molar refractivity (Wildman–Crippen MR) is 97.5 cm³/mol. The predicted octanol–water partition coefficient (Wildman–Crippen LogP) is 5.91. The van der Waals surface area contributed by atoms with Crippen LogP contribution in [0.4, 0.5) is 18.9 Å². The van der Waals surface area contributed by atoms with Crippen molar-refractivity contribution in [2.24, 2.45) is 0 Å². The van der Waals surface area contributed by atoms with E-state index >= 15 is 0 Å². The van der Waals surface area contributed by atoms with Gasteiger partial charge in [0.25, 0.3) is 0 Å². The van der Waals surface area contributed by atoms with Crippen molar-refractivity contribution in [1.82, 2.24) is 0 Å². The van der Waals surface area contributed by atoms with Gasteiger partial charge in [0, 0.05) is 12.1 Å². The molecule has 4 nitrogen and oxygen atoms in total. The minimum atomic E-state index is -4.41. The minimum Gasteiger partial charge on any atom is -0.506 e. The van der Waals surface area contributed by atoms with Crippen LogP contribution < -0.4 is 10.1 Å². The number of unbranched alkanes of at least 4 members (excludes halogenated alkanes) is 1. The highest BCUT2D eigenvalue weighted by Gasteiger charge is 2.29. The lowest BCUT2D eigenvalue weighted by Crippen LogP contribution is -2.12. The van der Waals surface area contributed by atoms with E-state index in [1.54, 1.807) is 0 Å². The largest absolute Gasteiger partial charge is 0.506 e. The van der Waals surface area contributed by atoms with Crippen molar-refractivity contribution >= 4 is 34.8 Å². The number of carbonyl (C=O) groups is 1. The Morgan fingerprint density at radius 1 is 1.04 bits per heavy atom. The number of phenols is 1. The summed E-state index contributed by atoms with van der Waals surface area (Å²) in [6, 6.07) is 7.09. The van der Waals surface area contributed by atoms with Gasteiger partial charge in [0.15, 0.2) is 0 Å². The maximum atomic E-state index is 12.5. The van der Waals surface area contributed by atoms with Gasteiger partial charge in [-0.2, -0.15) is 13.2 Å². The zero-order valence-corrected chi connectivity index (χ0v) is 15.5. The summed E-state index contributed by atoms with van der Waals surface area (Å²) in [4.78, 5) is 11.8. The van der Waals surface area contributed by atoms with Gasteiger partial charge in [0.1, 0.15) is 21.5 Å². The second-order valence-corrected chi connectivity index (χ2v) is 6.40. The third kappa shape index (κ3) is 6.22. The molecule has 0 bridgehead atoms. The highest BCUT2D eigenvalue weighted by Crippen LogP contribution is 2.38. The van der Waals surface area contributed by atoms with Gasteiger partial charge >= 0.3 is 6.18 Å². The quantitative estimate of drug-likeness (QED) is 0.546. The number of halogens is 5. The molecule has 2 N–H and O–H groups in total. The fourth-order valence-electron chi connectivity index (χ4n) is 2.17. The van der Waals surface area contributed by atoms with Crippen molar-refractivity contribution < 1.29 is 27.8 Å². The Morgan fingerprint density at radius 3 is 2.33 bits per heavy atom. The minimum absolute atomic E-state index is 0.00471. The van der Waals surface area contributed by atoms with Crippen LogP contribution in [0, 0.1) is 0 Å². The zero-order valence-electron chi connectivity index (χ0n) is 13.9. The van der Waals surface area contributed by atoms with Gasteiger partial charge in [0.05, 0.1) is 12.2 Å². The van der Waals surface area contributed by atoms with Crippen LogP contribution in [-0.2, 0) is 11.0 Å². The second-order valence-electron chi connectivity index (χ2n) is 5.64. The molecule has 0 radical (unpaired) electrons. The Morgan fingerprint density at radius 2 is 1.70 bits per heavy atom. The molecule has 0 aromatic heterocycles. The van der Waals surface area contributed by atoms with E-state index in [-0.39, 0.29) is 34.7 Å². The first kappa shape index (κ1) is 21.2. The van der Waals surface area contributed by atoms with Crippen LogP contribution in [0.15, 0.2) is 36.4 Å². The maximum absolute atomic E-state index is 12.5. The number of alkyl halides is 3. The van der Waals surface area contributed by atoms with Gasteiger partial charge in [-0.15, -0.1) is 0 Å². The Hall–Kier alpha value is -2.12. The van der Waals surface area contributed by atoms with Crippen molar-refractivity contribution in [3.05, 3.63) is 52.0 Å². The van der Waals surface area contributed by atoms with E-state index in [0.717, 1.165) is 12.1 Å². The molecule has 0 aliphatic heterocycles. The molecule has 0 unspecified atom stereocenters. The van der Waals surface area contributed by atoms with Crippen LogP contribution >= 0.6 is 23.2 Å². The van der Waals surface area contributed by atoms with Gasteiger partial charge in [0.2, 0.25) is 5.91 Å². The van der Waals surface area contributed by atoms with E-state index in [4.69, 9.17) is 27.9 Å². The number of ether oxygens (including phenoxy) is 1.